The van der Waals surface area contributed by atoms with Gasteiger partial charge in [-0.15, -0.1) is 0 Å². The summed E-state index contributed by atoms with van der Waals surface area (Å²) in [6.07, 6.45) is 5.28. The minimum Gasteiger partial charge on any atom is -0.317 e. The Morgan fingerprint density at radius 3 is 2.40 bits per heavy atom. The first kappa shape index (κ1) is 14.9. The minimum atomic E-state index is 0.793. The summed E-state index contributed by atoms with van der Waals surface area (Å²) in [6, 6.07) is 0. The first-order valence-electron chi connectivity index (χ1n) is 6.56. The van der Waals surface area contributed by atoms with Crippen LogP contribution in [0.15, 0.2) is 0 Å². The Bertz CT molecular complexity index is 124. The Balaban J connectivity index is 3.09. The maximum atomic E-state index is 3.44. The number of hydrogen-bond acceptors (Lipinski definition) is 2. The van der Waals surface area contributed by atoms with Gasteiger partial charge < -0.3 is 10.2 Å². The summed E-state index contributed by atoms with van der Waals surface area (Å²) in [5.74, 6) is 0.793. The number of hydrogen-bond donors (Lipinski definition) is 1. The van der Waals surface area contributed by atoms with Gasteiger partial charge in [0.2, 0.25) is 0 Å². The molecule has 0 radical (unpaired) electrons. The van der Waals surface area contributed by atoms with Gasteiger partial charge >= 0.3 is 0 Å². The van der Waals surface area contributed by atoms with E-state index in [1.165, 1.54) is 51.9 Å². The molecule has 0 amide bonds. The molecular weight excluding hydrogens is 184 g/mol. The highest BCUT2D eigenvalue weighted by molar-refractivity contribution is 4.55. The van der Waals surface area contributed by atoms with Crippen molar-refractivity contribution in [3.8, 4) is 0 Å². The third-order valence-electron chi connectivity index (χ3n) is 2.50. The Morgan fingerprint density at radius 2 is 1.80 bits per heavy atom. The van der Waals surface area contributed by atoms with Crippen LogP contribution in [0.4, 0.5) is 0 Å². The predicted molar refractivity (Wildman–Crippen MR) is 69.3 cm³/mol. The number of nitrogens with one attached hydrogen (secondary N) is 1. The second-order valence-electron chi connectivity index (χ2n) is 4.97. The molecule has 0 aliphatic carbocycles. The average molecular weight is 214 g/mol. The maximum Gasteiger partial charge on any atom is 0.000133 e. The van der Waals surface area contributed by atoms with Crippen LogP contribution in [0.5, 0.6) is 0 Å². The van der Waals surface area contributed by atoms with E-state index in [0.717, 1.165) is 5.92 Å². The minimum absolute atomic E-state index is 0.793. The molecule has 0 atom stereocenters. The second-order valence-corrected chi connectivity index (χ2v) is 4.97. The van der Waals surface area contributed by atoms with E-state index >= 15 is 0 Å². The van der Waals surface area contributed by atoms with E-state index in [1.807, 2.05) is 0 Å². The summed E-state index contributed by atoms with van der Waals surface area (Å²) in [7, 11) is 2.23. The molecule has 0 aromatic rings. The molecule has 0 heterocycles. The number of nitrogens with zero attached hydrogens (tertiary/aromatic N) is 1. The van der Waals surface area contributed by atoms with Crippen LogP contribution in [0.2, 0.25) is 0 Å². The number of unbranched alkanes of at least 4 members (excludes halogenated alkanes) is 2. The molecule has 0 bridgehead atoms. The van der Waals surface area contributed by atoms with E-state index in [0.29, 0.717) is 0 Å². The molecule has 0 spiro atoms. The van der Waals surface area contributed by atoms with Gasteiger partial charge in [0, 0.05) is 6.54 Å². The first-order chi connectivity index (χ1) is 7.16. The summed E-state index contributed by atoms with van der Waals surface area (Å²) in [4.78, 5) is 2.45. The molecule has 0 aliphatic heterocycles. The fourth-order valence-electron chi connectivity index (χ4n) is 1.82. The van der Waals surface area contributed by atoms with Crippen molar-refractivity contribution in [3.63, 3.8) is 0 Å². The lowest BCUT2D eigenvalue weighted by atomic mass is 10.2. The molecule has 0 saturated heterocycles. The normalized spacial score (nSPS) is 11.6. The predicted octanol–water partition coefficient (Wildman–Crippen LogP) is 2.74. The van der Waals surface area contributed by atoms with Crippen molar-refractivity contribution < 1.29 is 0 Å². The average Bonchev–Trinajstić information content (AvgIpc) is 2.15. The third-order valence-corrected chi connectivity index (χ3v) is 2.50. The Kier molecular flexibility index (Phi) is 10.4. The van der Waals surface area contributed by atoms with Crippen molar-refractivity contribution in [2.75, 3.05) is 33.2 Å². The monoisotopic (exact) mass is 214 g/mol. The quantitative estimate of drug-likeness (QED) is 0.563. The molecule has 0 saturated carbocycles. The van der Waals surface area contributed by atoms with Gasteiger partial charge in [0.15, 0.2) is 0 Å². The summed E-state index contributed by atoms with van der Waals surface area (Å²) in [5.41, 5.74) is 0. The largest absolute Gasteiger partial charge is 0.317 e. The van der Waals surface area contributed by atoms with Gasteiger partial charge in [0.05, 0.1) is 0 Å². The van der Waals surface area contributed by atoms with E-state index in [9.17, 15) is 0 Å². The van der Waals surface area contributed by atoms with Crippen LogP contribution >= 0.6 is 0 Å². The van der Waals surface area contributed by atoms with E-state index in [4.69, 9.17) is 0 Å². The summed E-state index contributed by atoms with van der Waals surface area (Å²) >= 11 is 0. The molecule has 0 unspecified atom stereocenters. The van der Waals surface area contributed by atoms with Crippen LogP contribution in [0.25, 0.3) is 0 Å². The van der Waals surface area contributed by atoms with E-state index < -0.39 is 0 Å². The Morgan fingerprint density at radius 1 is 1.07 bits per heavy atom. The van der Waals surface area contributed by atoms with Crippen molar-refractivity contribution >= 4 is 0 Å². The molecule has 2 nitrogen and oxygen atoms in total. The molecule has 15 heavy (non-hydrogen) atoms. The standard InChI is InChI=1S/C13H30N2/c1-5-9-14-10-7-6-8-11-15(4)12-13(2)3/h13-14H,5-12H2,1-4H3. The van der Waals surface area contributed by atoms with Gasteiger partial charge in [-0.2, -0.15) is 0 Å². The molecule has 2 heteroatoms. The lowest BCUT2D eigenvalue weighted by Gasteiger charge is -2.18. The van der Waals surface area contributed by atoms with Crippen LogP contribution in [0.3, 0.4) is 0 Å². The molecule has 0 fully saturated rings. The lowest BCUT2D eigenvalue weighted by Crippen LogP contribution is -2.24. The van der Waals surface area contributed by atoms with Crippen molar-refractivity contribution in [2.45, 2.75) is 46.5 Å². The van der Waals surface area contributed by atoms with Gasteiger partial charge in [0.25, 0.3) is 0 Å². The summed E-state index contributed by atoms with van der Waals surface area (Å²) < 4.78 is 0. The van der Waals surface area contributed by atoms with E-state index in [-0.39, 0.29) is 0 Å². The van der Waals surface area contributed by atoms with Crippen molar-refractivity contribution in [1.29, 1.82) is 0 Å². The second kappa shape index (κ2) is 10.4. The highest BCUT2D eigenvalue weighted by Crippen LogP contribution is 2.00. The van der Waals surface area contributed by atoms with Crippen LogP contribution in [-0.2, 0) is 0 Å². The summed E-state index contributed by atoms with van der Waals surface area (Å²) in [5, 5.41) is 3.44. The third kappa shape index (κ3) is 11.8. The van der Waals surface area contributed by atoms with E-state index in [2.05, 4.69) is 38.0 Å². The van der Waals surface area contributed by atoms with E-state index in [1.54, 1.807) is 0 Å². The van der Waals surface area contributed by atoms with Crippen LogP contribution in [-0.4, -0.2) is 38.1 Å². The van der Waals surface area contributed by atoms with Crippen LogP contribution in [0, 0.1) is 5.92 Å². The van der Waals surface area contributed by atoms with Gasteiger partial charge in [0.1, 0.15) is 0 Å². The Labute approximate surface area is 96.4 Å². The highest BCUT2D eigenvalue weighted by atomic mass is 15.1. The number of rotatable bonds is 10. The fourth-order valence-corrected chi connectivity index (χ4v) is 1.82. The highest BCUT2D eigenvalue weighted by Gasteiger charge is 2.00. The topological polar surface area (TPSA) is 15.3 Å². The van der Waals surface area contributed by atoms with Crippen LogP contribution in [0.1, 0.15) is 46.5 Å². The fraction of sp³-hybridized carbons (Fsp3) is 1.00. The van der Waals surface area contributed by atoms with Gasteiger partial charge in [-0.25, -0.2) is 0 Å². The SMILES string of the molecule is CCCNCCCCCN(C)CC(C)C. The first-order valence-corrected chi connectivity index (χ1v) is 6.56. The summed E-state index contributed by atoms with van der Waals surface area (Å²) in [6.45, 7) is 11.6. The maximum absolute atomic E-state index is 3.44. The zero-order valence-corrected chi connectivity index (χ0v) is 11.2. The molecule has 0 aromatic carbocycles. The molecular formula is C13H30N2. The lowest BCUT2D eigenvalue weighted by molar-refractivity contribution is 0.288. The molecule has 92 valence electrons. The molecule has 0 aliphatic rings. The molecule has 0 aromatic heterocycles. The molecule has 1 N–H and O–H groups in total. The Hall–Kier alpha value is -0.0800. The van der Waals surface area contributed by atoms with Crippen LogP contribution < -0.4 is 5.32 Å². The zero-order chi connectivity index (χ0) is 11.5. The van der Waals surface area contributed by atoms with Gasteiger partial charge in [-0.1, -0.05) is 27.2 Å². The van der Waals surface area contributed by atoms with Gasteiger partial charge in [-0.05, 0) is 51.9 Å². The van der Waals surface area contributed by atoms with Crippen molar-refractivity contribution in [1.82, 2.24) is 10.2 Å². The zero-order valence-electron chi connectivity index (χ0n) is 11.2. The smallest absolute Gasteiger partial charge is 0.000133 e. The van der Waals surface area contributed by atoms with Crippen molar-refractivity contribution in [3.05, 3.63) is 0 Å². The van der Waals surface area contributed by atoms with Crippen molar-refractivity contribution in [2.24, 2.45) is 5.92 Å². The van der Waals surface area contributed by atoms with Gasteiger partial charge in [-0.3, -0.25) is 0 Å². The molecule has 0 rings (SSSR count).